The van der Waals surface area contributed by atoms with E-state index in [4.69, 9.17) is 17.3 Å². The van der Waals surface area contributed by atoms with Gasteiger partial charge in [0.15, 0.2) is 0 Å². The number of hydrogen-bond donors (Lipinski definition) is 2. The van der Waals surface area contributed by atoms with E-state index in [1.165, 1.54) is 23.9 Å². The van der Waals surface area contributed by atoms with Crippen LogP contribution < -0.4 is 11.1 Å². The molecule has 162 valence electrons. The van der Waals surface area contributed by atoms with Gasteiger partial charge in [-0.2, -0.15) is 4.98 Å². The Labute approximate surface area is 193 Å². The molecule has 0 spiro atoms. The highest BCUT2D eigenvalue weighted by atomic mass is 35.5. The van der Waals surface area contributed by atoms with Crippen molar-refractivity contribution in [1.29, 1.82) is 0 Å². The molecule has 0 saturated heterocycles. The van der Waals surface area contributed by atoms with Crippen LogP contribution in [0.5, 0.6) is 0 Å². The Morgan fingerprint density at radius 2 is 1.88 bits per heavy atom. The summed E-state index contributed by atoms with van der Waals surface area (Å²) in [4.78, 5) is 33.3. The molecule has 0 aliphatic heterocycles. The second-order valence-electron chi connectivity index (χ2n) is 7.10. The van der Waals surface area contributed by atoms with Crippen molar-refractivity contribution in [1.82, 2.24) is 19.6 Å². The molecule has 0 bridgehead atoms. The first-order chi connectivity index (χ1) is 15.3. The molecule has 0 fully saturated rings. The number of carbonyl (C=O) groups is 2. The number of nitrogens with zero attached hydrogens (tertiary/aromatic N) is 4. The lowest BCUT2D eigenvalue weighted by atomic mass is 10.1. The Morgan fingerprint density at radius 3 is 2.66 bits per heavy atom. The molecule has 8 nitrogen and oxygen atoms in total. The third-order valence-corrected chi connectivity index (χ3v) is 5.92. The number of benzene rings is 2. The number of halogens is 1. The van der Waals surface area contributed by atoms with E-state index >= 15 is 0 Å². The monoisotopic (exact) mass is 466 g/mol. The molecule has 0 radical (unpaired) electrons. The number of aromatic nitrogens is 4. The average molecular weight is 467 g/mol. The minimum absolute atomic E-state index is 0.144. The molecule has 3 N–H and O–H groups in total. The van der Waals surface area contributed by atoms with Gasteiger partial charge in [0.2, 0.25) is 11.1 Å². The number of fused-ring (bicyclic) bond motifs is 1. The fourth-order valence-electron chi connectivity index (χ4n) is 3.21. The van der Waals surface area contributed by atoms with E-state index in [2.05, 4.69) is 20.4 Å². The van der Waals surface area contributed by atoms with E-state index in [-0.39, 0.29) is 16.5 Å². The first-order valence-corrected chi connectivity index (χ1v) is 11.0. The van der Waals surface area contributed by atoms with Gasteiger partial charge in [-0.25, -0.2) is 9.50 Å². The highest BCUT2D eigenvalue weighted by Crippen LogP contribution is 2.25. The zero-order valence-electron chi connectivity index (χ0n) is 17.3. The lowest BCUT2D eigenvalue weighted by Gasteiger charge is -2.10. The summed E-state index contributed by atoms with van der Waals surface area (Å²) in [6.45, 7) is 3.86. The summed E-state index contributed by atoms with van der Waals surface area (Å²) in [7, 11) is 0. The van der Waals surface area contributed by atoms with Crippen molar-refractivity contribution in [3.63, 3.8) is 0 Å². The highest BCUT2D eigenvalue weighted by Gasteiger charge is 2.15. The van der Waals surface area contributed by atoms with E-state index in [9.17, 15) is 9.59 Å². The Kier molecular flexibility index (Phi) is 6.11. The fraction of sp³-hybridized carbons (Fsp3) is 0.136. The van der Waals surface area contributed by atoms with E-state index < -0.39 is 5.91 Å². The Hall–Kier alpha value is -3.43. The molecule has 4 rings (SSSR count). The number of hydrogen-bond acceptors (Lipinski definition) is 6. The second-order valence-corrected chi connectivity index (χ2v) is 8.45. The van der Waals surface area contributed by atoms with Gasteiger partial charge in [-0.15, -0.1) is 5.10 Å². The quantitative estimate of drug-likeness (QED) is 0.414. The van der Waals surface area contributed by atoms with Crippen LogP contribution in [0.3, 0.4) is 0 Å². The van der Waals surface area contributed by atoms with Gasteiger partial charge in [0.25, 0.3) is 11.7 Å². The molecule has 0 aliphatic rings. The summed E-state index contributed by atoms with van der Waals surface area (Å²) < 4.78 is 1.70. The van der Waals surface area contributed by atoms with Crippen LogP contribution in [-0.2, 0) is 5.75 Å². The minimum Gasteiger partial charge on any atom is -0.366 e. The molecule has 2 amide bonds. The van der Waals surface area contributed by atoms with E-state index in [0.29, 0.717) is 27.9 Å². The van der Waals surface area contributed by atoms with Crippen LogP contribution in [0.2, 0.25) is 5.02 Å². The van der Waals surface area contributed by atoms with Gasteiger partial charge in [0.1, 0.15) is 0 Å². The number of carbonyl (C=O) groups excluding carboxylic acids is 2. The smallest absolute Gasteiger partial charge is 0.255 e. The SMILES string of the molecule is Cc1cc(C)n2nc(SCc3ccccc3C(=O)Nc3ccc(Cl)c(C(N)=O)c3)nc2n1. The Morgan fingerprint density at radius 1 is 1.09 bits per heavy atom. The standard InChI is InChI=1S/C22H19ClN6O2S/c1-12-9-13(2)29-21(25-12)27-22(28-29)32-11-14-5-3-4-6-16(14)20(31)26-15-7-8-18(23)17(10-15)19(24)30/h3-10H,11H2,1-2H3,(H2,24,30)(H,26,31). The minimum atomic E-state index is -0.664. The number of nitrogens with one attached hydrogen (secondary N) is 1. The van der Waals surface area contributed by atoms with Crippen LogP contribution in [0.1, 0.15) is 37.7 Å². The lowest BCUT2D eigenvalue weighted by Crippen LogP contribution is -2.16. The van der Waals surface area contributed by atoms with Crippen molar-refractivity contribution in [2.24, 2.45) is 5.73 Å². The Balaban J connectivity index is 1.53. The first-order valence-electron chi connectivity index (χ1n) is 9.64. The Bertz CT molecular complexity index is 1350. The van der Waals surface area contributed by atoms with Crippen molar-refractivity contribution < 1.29 is 9.59 Å². The molecule has 10 heteroatoms. The van der Waals surface area contributed by atoms with Crippen molar-refractivity contribution in [2.45, 2.75) is 24.8 Å². The van der Waals surface area contributed by atoms with Crippen LogP contribution in [0, 0.1) is 13.8 Å². The largest absolute Gasteiger partial charge is 0.366 e. The van der Waals surface area contributed by atoms with Crippen LogP contribution >= 0.6 is 23.4 Å². The summed E-state index contributed by atoms with van der Waals surface area (Å²) >= 11 is 7.40. The number of amides is 2. The molecule has 0 unspecified atom stereocenters. The normalized spacial score (nSPS) is 11.0. The molecular formula is C22H19ClN6O2S. The predicted octanol–water partition coefficient (Wildman–Crippen LogP) is 4.04. The molecule has 2 aromatic carbocycles. The summed E-state index contributed by atoms with van der Waals surface area (Å²) in [5.41, 5.74) is 9.05. The molecule has 4 aromatic rings. The molecule has 32 heavy (non-hydrogen) atoms. The third-order valence-electron chi connectivity index (χ3n) is 4.71. The van der Waals surface area contributed by atoms with Gasteiger partial charge < -0.3 is 11.1 Å². The van der Waals surface area contributed by atoms with Gasteiger partial charge in [-0.3, -0.25) is 9.59 Å². The van der Waals surface area contributed by atoms with Gasteiger partial charge >= 0.3 is 0 Å². The molecule has 0 atom stereocenters. The van der Waals surface area contributed by atoms with Crippen LogP contribution in [-0.4, -0.2) is 31.4 Å². The van der Waals surface area contributed by atoms with Crippen molar-refractivity contribution in [3.8, 4) is 0 Å². The van der Waals surface area contributed by atoms with Crippen molar-refractivity contribution >= 4 is 46.6 Å². The molecule has 2 aromatic heterocycles. The predicted molar refractivity (Wildman–Crippen MR) is 124 cm³/mol. The molecular weight excluding hydrogens is 448 g/mol. The maximum absolute atomic E-state index is 12.9. The number of primary amides is 1. The summed E-state index contributed by atoms with van der Waals surface area (Å²) in [6.07, 6.45) is 0. The van der Waals surface area contributed by atoms with Crippen molar-refractivity contribution in [3.05, 3.63) is 81.6 Å². The fourth-order valence-corrected chi connectivity index (χ4v) is 4.24. The van der Waals surface area contributed by atoms with Crippen LogP contribution in [0.25, 0.3) is 5.78 Å². The number of aryl methyl sites for hydroxylation is 2. The number of nitrogens with two attached hydrogens (primary N) is 1. The maximum Gasteiger partial charge on any atom is 0.255 e. The zero-order valence-corrected chi connectivity index (χ0v) is 18.9. The molecule has 0 saturated carbocycles. The zero-order chi connectivity index (χ0) is 22.8. The van der Waals surface area contributed by atoms with Gasteiger partial charge in [-0.05, 0) is 49.7 Å². The number of thioether (sulfide) groups is 1. The van der Waals surface area contributed by atoms with Gasteiger partial charge in [0, 0.05) is 28.4 Å². The number of anilines is 1. The van der Waals surface area contributed by atoms with E-state index in [1.54, 1.807) is 22.7 Å². The van der Waals surface area contributed by atoms with Crippen LogP contribution in [0.15, 0.2) is 53.7 Å². The highest BCUT2D eigenvalue weighted by molar-refractivity contribution is 7.98. The summed E-state index contributed by atoms with van der Waals surface area (Å²) in [6, 6.07) is 13.8. The molecule has 2 heterocycles. The topological polar surface area (TPSA) is 115 Å². The number of rotatable bonds is 6. The van der Waals surface area contributed by atoms with E-state index in [1.807, 2.05) is 32.0 Å². The average Bonchev–Trinajstić information content (AvgIpc) is 3.17. The van der Waals surface area contributed by atoms with E-state index in [0.717, 1.165) is 17.0 Å². The van der Waals surface area contributed by atoms with Gasteiger partial charge in [-0.1, -0.05) is 41.6 Å². The second kappa shape index (κ2) is 8.97. The first kappa shape index (κ1) is 21.8. The summed E-state index contributed by atoms with van der Waals surface area (Å²) in [5, 5.41) is 8.09. The maximum atomic E-state index is 12.9. The summed E-state index contributed by atoms with van der Waals surface area (Å²) in [5.74, 6) is 0.0629. The van der Waals surface area contributed by atoms with Crippen LogP contribution in [0.4, 0.5) is 5.69 Å². The molecule has 0 aliphatic carbocycles. The van der Waals surface area contributed by atoms with Crippen molar-refractivity contribution in [2.75, 3.05) is 5.32 Å². The van der Waals surface area contributed by atoms with Gasteiger partial charge in [0.05, 0.1) is 10.6 Å². The lowest BCUT2D eigenvalue weighted by molar-refractivity contribution is 0.0996. The third kappa shape index (κ3) is 4.58.